The highest BCUT2D eigenvalue weighted by molar-refractivity contribution is 5.92. The predicted molar refractivity (Wildman–Crippen MR) is 147 cm³/mol. The van der Waals surface area contributed by atoms with Crippen LogP contribution in [0.2, 0.25) is 0 Å². The lowest BCUT2D eigenvalue weighted by Gasteiger charge is -2.32. The summed E-state index contributed by atoms with van der Waals surface area (Å²) in [6, 6.07) is 22.7. The Morgan fingerprint density at radius 1 is 0.892 bits per heavy atom. The molecule has 7 heteroatoms. The third-order valence-electron chi connectivity index (χ3n) is 7.25. The van der Waals surface area contributed by atoms with Crippen LogP contribution >= 0.6 is 0 Å². The van der Waals surface area contributed by atoms with Crippen molar-refractivity contribution < 1.29 is 0 Å². The number of aromatic nitrogens is 4. The molecule has 6 rings (SSSR count). The molecule has 1 saturated heterocycles. The standard InChI is InChI=1S/C30H30N6O/c1-35-13-15-36(16-14-35)20-22-7-8-24-25(17-21-5-3-2-4-6-21)29(32-28(24)18-22)26-19-27(33-34-30(26)37)23-9-11-31-12-10-23/h2-12,18-19,32H,13-17,20H2,1H3,(H,34,37). The first-order valence-electron chi connectivity index (χ1n) is 12.7. The van der Waals surface area contributed by atoms with Gasteiger partial charge in [-0.1, -0.05) is 42.5 Å². The number of likely N-dealkylation sites (N-methyl/N-ethyl adjacent to an activating group) is 1. The van der Waals surface area contributed by atoms with Gasteiger partial charge in [-0.25, -0.2) is 5.10 Å². The lowest BCUT2D eigenvalue weighted by Crippen LogP contribution is -2.43. The average Bonchev–Trinajstić information content (AvgIpc) is 3.28. The van der Waals surface area contributed by atoms with E-state index < -0.39 is 0 Å². The number of fused-ring (bicyclic) bond motifs is 1. The summed E-state index contributed by atoms with van der Waals surface area (Å²) >= 11 is 0. The van der Waals surface area contributed by atoms with Crippen molar-refractivity contribution in [3.63, 3.8) is 0 Å². The molecular weight excluding hydrogens is 460 g/mol. The fourth-order valence-electron chi connectivity index (χ4n) is 5.14. The summed E-state index contributed by atoms with van der Waals surface area (Å²) in [5.74, 6) is 0. The molecule has 4 heterocycles. The Morgan fingerprint density at radius 3 is 2.46 bits per heavy atom. The maximum atomic E-state index is 13.1. The highest BCUT2D eigenvalue weighted by atomic mass is 16.1. The molecule has 0 unspecified atom stereocenters. The van der Waals surface area contributed by atoms with Crippen molar-refractivity contribution in [2.24, 2.45) is 0 Å². The summed E-state index contributed by atoms with van der Waals surface area (Å²) in [6.07, 6.45) is 4.18. The molecule has 186 valence electrons. The third-order valence-corrected chi connectivity index (χ3v) is 7.25. The second-order valence-electron chi connectivity index (χ2n) is 9.83. The minimum atomic E-state index is -0.212. The van der Waals surface area contributed by atoms with E-state index in [1.807, 2.05) is 24.3 Å². The van der Waals surface area contributed by atoms with E-state index in [1.165, 1.54) is 11.1 Å². The van der Waals surface area contributed by atoms with Gasteiger partial charge >= 0.3 is 0 Å². The number of nitrogens with zero attached hydrogens (tertiary/aromatic N) is 4. The van der Waals surface area contributed by atoms with E-state index >= 15 is 0 Å². The minimum absolute atomic E-state index is 0.212. The monoisotopic (exact) mass is 490 g/mol. The van der Waals surface area contributed by atoms with Crippen LogP contribution in [0.4, 0.5) is 0 Å². The van der Waals surface area contributed by atoms with E-state index in [2.05, 4.69) is 79.5 Å². The summed E-state index contributed by atoms with van der Waals surface area (Å²) in [7, 11) is 2.18. The zero-order valence-corrected chi connectivity index (χ0v) is 20.9. The van der Waals surface area contributed by atoms with Crippen molar-refractivity contribution in [3.8, 4) is 22.5 Å². The number of pyridine rings is 1. The van der Waals surface area contributed by atoms with Crippen LogP contribution in [0.15, 0.2) is 83.9 Å². The molecule has 37 heavy (non-hydrogen) atoms. The molecule has 0 aliphatic carbocycles. The molecule has 5 aromatic rings. The second kappa shape index (κ2) is 10.1. The molecule has 3 aromatic heterocycles. The van der Waals surface area contributed by atoms with E-state index in [0.717, 1.165) is 66.9 Å². The molecule has 7 nitrogen and oxygen atoms in total. The highest BCUT2D eigenvalue weighted by Gasteiger charge is 2.19. The van der Waals surface area contributed by atoms with Gasteiger partial charge in [-0.15, -0.1) is 0 Å². The second-order valence-corrected chi connectivity index (χ2v) is 9.83. The van der Waals surface area contributed by atoms with Crippen molar-refractivity contribution in [3.05, 3.63) is 106 Å². The summed E-state index contributed by atoms with van der Waals surface area (Å²) in [5, 5.41) is 8.15. The molecule has 1 aliphatic rings. The zero-order chi connectivity index (χ0) is 25.2. The molecular formula is C30H30N6O. The lowest BCUT2D eigenvalue weighted by molar-refractivity contribution is 0.148. The number of rotatable bonds is 6. The van der Waals surface area contributed by atoms with Gasteiger partial charge in [-0.3, -0.25) is 14.7 Å². The summed E-state index contributed by atoms with van der Waals surface area (Å²) in [6.45, 7) is 5.28. The van der Waals surface area contributed by atoms with Crippen molar-refractivity contribution in [1.82, 2.24) is 30.0 Å². The topological polar surface area (TPSA) is 80.9 Å². The Labute approximate surface area is 215 Å². The third kappa shape index (κ3) is 4.96. The van der Waals surface area contributed by atoms with Crippen LogP contribution in [-0.4, -0.2) is 63.2 Å². The molecule has 2 N–H and O–H groups in total. The number of aromatic amines is 2. The summed E-state index contributed by atoms with van der Waals surface area (Å²) in [5.41, 5.74) is 7.47. The van der Waals surface area contributed by atoms with Crippen LogP contribution in [0, 0.1) is 0 Å². The number of piperazine rings is 1. The fraction of sp³-hybridized carbons (Fsp3) is 0.233. The van der Waals surface area contributed by atoms with Crippen LogP contribution in [0.3, 0.4) is 0 Å². The largest absolute Gasteiger partial charge is 0.354 e. The van der Waals surface area contributed by atoms with Gasteiger partial charge < -0.3 is 9.88 Å². The lowest BCUT2D eigenvalue weighted by atomic mass is 9.98. The predicted octanol–water partition coefficient (Wildman–Crippen LogP) is 4.32. The van der Waals surface area contributed by atoms with Crippen LogP contribution in [0.25, 0.3) is 33.4 Å². The quantitative estimate of drug-likeness (QED) is 0.371. The molecule has 0 saturated carbocycles. The smallest absolute Gasteiger partial charge is 0.273 e. The van der Waals surface area contributed by atoms with Gasteiger partial charge in [0.2, 0.25) is 0 Å². The Kier molecular flexibility index (Phi) is 6.39. The van der Waals surface area contributed by atoms with Crippen molar-refractivity contribution in [2.75, 3.05) is 33.2 Å². The van der Waals surface area contributed by atoms with Crippen LogP contribution in [0.1, 0.15) is 16.7 Å². The van der Waals surface area contributed by atoms with E-state index in [-0.39, 0.29) is 5.56 Å². The molecule has 0 atom stereocenters. The normalized spacial score (nSPS) is 14.8. The van der Waals surface area contributed by atoms with Crippen molar-refractivity contribution in [1.29, 1.82) is 0 Å². The zero-order valence-electron chi connectivity index (χ0n) is 20.9. The fourth-order valence-corrected chi connectivity index (χ4v) is 5.14. The molecule has 2 aromatic carbocycles. The first-order chi connectivity index (χ1) is 18.1. The van der Waals surface area contributed by atoms with Gasteiger partial charge in [0.1, 0.15) is 0 Å². The van der Waals surface area contributed by atoms with Gasteiger partial charge in [0.05, 0.1) is 17.0 Å². The first-order valence-corrected chi connectivity index (χ1v) is 12.7. The first kappa shape index (κ1) is 23.3. The summed E-state index contributed by atoms with van der Waals surface area (Å²) in [4.78, 5) is 25.7. The summed E-state index contributed by atoms with van der Waals surface area (Å²) < 4.78 is 0. The van der Waals surface area contributed by atoms with Crippen molar-refractivity contribution >= 4 is 10.9 Å². The number of hydrogen-bond donors (Lipinski definition) is 2. The van der Waals surface area contributed by atoms with Crippen LogP contribution in [0.5, 0.6) is 0 Å². The van der Waals surface area contributed by atoms with Crippen LogP contribution < -0.4 is 5.56 Å². The number of nitrogens with one attached hydrogen (secondary N) is 2. The molecule has 0 spiro atoms. The van der Waals surface area contributed by atoms with Gasteiger partial charge in [0.15, 0.2) is 0 Å². The van der Waals surface area contributed by atoms with Gasteiger partial charge in [0.25, 0.3) is 5.56 Å². The van der Waals surface area contributed by atoms with Crippen LogP contribution in [-0.2, 0) is 13.0 Å². The van der Waals surface area contributed by atoms with E-state index in [1.54, 1.807) is 12.4 Å². The molecule has 1 aliphatic heterocycles. The molecule has 1 fully saturated rings. The van der Waals surface area contributed by atoms with Gasteiger partial charge in [-0.2, -0.15) is 5.10 Å². The highest BCUT2D eigenvalue weighted by Crippen LogP contribution is 2.32. The number of hydrogen-bond acceptors (Lipinski definition) is 5. The minimum Gasteiger partial charge on any atom is -0.354 e. The number of benzene rings is 2. The molecule has 0 radical (unpaired) electrons. The number of H-pyrrole nitrogens is 2. The SMILES string of the molecule is CN1CCN(Cc2ccc3c(Cc4ccccc4)c(-c4cc(-c5ccncc5)n[nH]c4=O)[nH]c3c2)CC1. The Morgan fingerprint density at radius 2 is 1.68 bits per heavy atom. The average molecular weight is 491 g/mol. The van der Waals surface area contributed by atoms with Gasteiger partial charge in [-0.05, 0) is 48.0 Å². The van der Waals surface area contributed by atoms with Crippen molar-refractivity contribution in [2.45, 2.75) is 13.0 Å². The maximum Gasteiger partial charge on any atom is 0.273 e. The Hall–Kier alpha value is -4.07. The molecule has 0 bridgehead atoms. The maximum absolute atomic E-state index is 13.1. The molecule has 0 amide bonds. The van der Waals surface area contributed by atoms with Gasteiger partial charge in [0, 0.05) is 68.0 Å². The van der Waals surface area contributed by atoms with E-state index in [4.69, 9.17) is 0 Å². The Balaban J connectivity index is 1.44. The Bertz CT molecular complexity index is 1570. The van der Waals surface area contributed by atoms with E-state index in [9.17, 15) is 4.79 Å². The van der Waals surface area contributed by atoms with E-state index in [0.29, 0.717) is 11.3 Å².